The molecule has 0 aromatic heterocycles. The standard InChI is InChI=1S/C19H21NO2/c1-14(2)11-19(21)20-17-9-10-18(22-3)16(13-17)12-15-7-5-4-6-8-15/h4-11,13H,12H2,1-3H3,(H,20,21). The highest BCUT2D eigenvalue weighted by Gasteiger charge is 2.07. The Morgan fingerprint density at radius 1 is 1.14 bits per heavy atom. The van der Waals surface area contributed by atoms with E-state index in [1.54, 1.807) is 13.2 Å². The number of allylic oxidation sites excluding steroid dienone is 1. The third-order valence-corrected chi connectivity index (χ3v) is 3.21. The van der Waals surface area contributed by atoms with Gasteiger partial charge in [0, 0.05) is 23.7 Å². The predicted octanol–water partition coefficient (Wildman–Crippen LogP) is 4.19. The van der Waals surface area contributed by atoms with Crippen LogP contribution in [0.1, 0.15) is 25.0 Å². The maximum atomic E-state index is 11.8. The minimum absolute atomic E-state index is 0.115. The quantitative estimate of drug-likeness (QED) is 0.840. The predicted molar refractivity (Wildman–Crippen MR) is 90.3 cm³/mol. The summed E-state index contributed by atoms with van der Waals surface area (Å²) in [6, 6.07) is 15.9. The van der Waals surface area contributed by atoms with Gasteiger partial charge < -0.3 is 10.1 Å². The molecule has 0 spiro atoms. The van der Waals surface area contributed by atoms with Crippen LogP contribution in [-0.4, -0.2) is 13.0 Å². The van der Waals surface area contributed by atoms with Gasteiger partial charge in [0.1, 0.15) is 5.75 Å². The van der Waals surface area contributed by atoms with Gasteiger partial charge in [-0.1, -0.05) is 35.9 Å². The molecule has 0 saturated carbocycles. The van der Waals surface area contributed by atoms with Gasteiger partial charge in [0.15, 0.2) is 0 Å². The Kier molecular flexibility index (Phi) is 5.37. The Bertz CT molecular complexity index is 671. The molecule has 0 heterocycles. The average Bonchev–Trinajstić information content (AvgIpc) is 2.47. The van der Waals surface area contributed by atoms with Crippen molar-refractivity contribution in [3.05, 3.63) is 71.3 Å². The van der Waals surface area contributed by atoms with Crippen molar-refractivity contribution >= 4 is 11.6 Å². The number of methoxy groups -OCH3 is 1. The van der Waals surface area contributed by atoms with E-state index in [4.69, 9.17) is 4.74 Å². The van der Waals surface area contributed by atoms with Crippen molar-refractivity contribution < 1.29 is 9.53 Å². The second-order valence-corrected chi connectivity index (χ2v) is 5.40. The van der Waals surface area contributed by atoms with Gasteiger partial charge in [-0.05, 0) is 37.6 Å². The van der Waals surface area contributed by atoms with Crippen LogP contribution in [0.2, 0.25) is 0 Å². The molecule has 3 nitrogen and oxygen atoms in total. The van der Waals surface area contributed by atoms with E-state index in [1.165, 1.54) is 5.56 Å². The maximum Gasteiger partial charge on any atom is 0.248 e. The number of carbonyl (C=O) groups excluding carboxylic acids is 1. The van der Waals surface area contributed by atoms with Gasteiger partial charge in [0.05, 0.1) is 7.11 Å². The summed E-state index contributed by atoms with van der Waals surface area (Å²) >= 11 is 0. The third kappa shape index (κ3) is 4.48. The van der Waals surface area contributed by atoms with Gasteiger partial charge >= 0.3 is 0 Å². The lowest BCUT2D eigenvalue weighted by Gasteiger charge is -2.11. The van der Waals surface area contributed by atoms with E-state index in [-0.39, 0.29) is 5.91 Å². The van der Waals surface area contributed by atoms with Gasteiger partial charge in [-0.15, -0.1) is 0 Å². The van der Waals surface area contributed by atoms with E-state index in [2.05, 4.69) is 17.4 Å². The minimum Gasteiger partial charge on any atom is -0.496 e. The molecule has 0 atom stereocenters. The van der Waals surface area contributed by atoms with Crippen molar-refractivity contribution in [2.75, 3.05) is 12.4 Å². The van der Waals surface area contributed by atoms with Crippen LogP contribution >= 0.6 is 0 Å². The van der Waals surface area contributed by atoms with Gasteiger partial charge in [-0.2, -0.15) is 0 Å². The summed E-state index contributed by atoms with van der Waals surface area (Å²) in [4.78, 5) is 11.8. The van der Waals surface area contributed by atoms with Gasteiger partial charge in [-0.3, -0.25) is 4.79 Å². The van der Waals surface area contributed by atoms with Crippen molar-refractivity contribution in [2.24, 2.45) is 0 Å². The molecule has 0 aliphatic heterocycles. The zero-order valence-corrected chi connectivity index (χ0v) is 13.2. The fourth-order valence-corrected chi connectivity index (χ4v) is 2.25. The summed E-state index contributed by atoms with van der Waals surface area (Å²) in [6.45, 7) is 3.79. The van der Waals surface area contributed by atoms with Crippen molar-refractivity contribution in [2.45, 2.75) is 20.3 Å². The topological polar surface area (TPSA) is 38.3 Å². The molecule has 2 aromatic carbocycles. The number of hydrogen-bond donors (Lipinski definition) is 1. The molecule has 1 N–H and O–H groups in total. The molecule has 22 heavy (non-hydrogen) atoms. The largest absolute Gasteiger partial charge is 0.496 e. The van der Waals surface area contributed by atoms with Crippen LogP contribution in [0, 0.1) is 0 Å². The molecule has 0 radical (unpaired) electrons. The highest BCUT2D eigenvalue weighted by atomic mass is 16.5. The zero-order chi connectivity index (χ0) is 15.9. The number of rotatable bonds is 5. The summed E-state index contributed by atoms with van der Waals surface area (Å²) in [5, 5.41) is 2.88. The lowest BCUT2D eigenvalue weighted by atomic mass is 10.0. The van der Waals surface area contributed by atoms with Gasteiger partial charge in [0.2, 0.25) is 5.91 Å². The van der Waals surface area contributed by atoms with E-state index in [9.17, 15) is 4.79 Å². The number of benzene rings is 2. The normalized spacial score (nSPS) is 9.95. The number of ether oxygens (including phenoxy) is 1. The average molecular weight is 295 g/mol. The summed E-state index contributed by atoms with van der Waals surface area (Å²) in [5.74, 6) is 0.708. The van der Waals surface area contributed by atoms with Crippen molar-refractivity contribution in [1.82, 2.24) is 0 Å². The van der Waals surface area contributed by atoms with Crippen LogP contribution in [0.15, 0.2) is 60.2 Å². The van der Waals surface area contributed by atoms with E-state index >= 15 is 0 Å². The molecule has 0 bridgehead atoms. The van der Waals surface area contributed by atoms with Crippen LogP contribution in [0.5, 0.6) is 5.75 Å². The Morgan fingerprint density at radius 3 is 2.50 bits per heavy atom. The minimum atomic E-state index is -0.115. The number of nitrogens with one attached hydrogen (secondary N) is 1. The fraction of sp³-hybridized carbons (Fsp3) is 0.211. The summed E-state index contributed by atoms with van der Waals surface area (Å²) < 4.78 is 5.42. The molecule has 0 saturated heterocycles. The van der Waals surface area contributed by atoms with Crippen LogP contribution in [0.4, 0.5) is 5.69 Å². The molecule has 0 aliphatic rings. The third-order valence-electron chi connectivity index (χ3n) is 3.21. The van der Waals surface area contributed by atoms with Crippen LogP contribution < -0.4 is 10.1 Å². The lowest BCUT2D eigenvalue weighted by molar-refractivity contribution is -0.111. The summed E-state index contributed by atoms with van der Waals surface area (Å²) in [6.07, 6.45) is 2.34. The Labute approximate surface area is 131 Å². The number of hydrogen-bond acceptors (Lipinski definition) is 2. The van der Waals surface area contributed by atoms with Crippen molar-refractivity contribution in [3.8, 4) is 5.75 Å². The first-order valence-corrected chi connectivity index (χ1v) is 7.25. The Morgan fingerprint density at radius 2 is 1.86 bits per heavy atom. The molecule has 3 heteroatoms. The van der Waals surface area contributed by atoms with Crippen molar-refractivity contribution in [1.29, 1.82) is 0 Å². The van der Waals surface area contributed by atoms with E-state index in [1.807, 2.05) is 50.2 Å². The lowest BCUT2D eigenvalue weighted by Crippen LogP contribution is -2.09. The van der Waals surface area contributed by atoms with E-state index < -0.39 is 0 Å². The molecular weight excluding hydrogens is 274 g/mol. The number of anilines is 1. The molecule has 2 aromatic rings. The number of amides is 1. The molecule has 1 amide bonds. The summed E-state index contributed by atoms with van der Waals surface area (Å²) in [7, 11) is 1.66. The molecule has 0 aliphatic carbocycles. The fourth-order valence-electron chi connectivity index (χ4n) is 2.25. The van der Waals surface area contributed by atoms with E-state index in [0.717, 1.165) is 29.0 Å². The highest BCUT2D eigenvalue weighted by molar-refractivity contribution is 5.99. The zero-order valence-electron chi connectivity index (χ0n) is 13.2. The monoisotopic (exact) mass is 295 g/mol. The summed E-state index contributed by atoms with van der Waals surface area (Å²) in [5.41, 5.74) is 3.99. The first-order valence-electron chi connectivity index (χ1n) is 7.25. The molecule has 2 rings (SSSR count). The number of carbonyl (C=O) groups is 1. The Balaban J connectivity index is 2.22. The molecule has 0 unspecified atom stereocenters. The van der Waals surface area contributed by atoms with Crippen molar-refractivity contribution in [3.63, 3.8) is 0 Å². The van der Waals surface area contributed by atoms with Crippen LogP contribution in [-0.2, 0) is 11.2 Å². The second-order valence-electron chi connectivity index (χ2n) is 5.40. The molecular formula is C19H21NO2. The smallest absolute Gasteiger partial charge is 0.248 e. The van der Waals surface area contributed by atoms with Crippen LogP contribution in [0.3, 0.4) is 0 Å². The molecule has 0 fully saturated rings. The molecule has 114 valence electrons. The Hall–Kier alpha value is -2.55. The first-order chi connectivity index (χ1) is 10.6. The first kappa shape index (κ1) is 15.8. The second kappa shape index (κ2) is 7.46. The van der Waals surface area contributed by atoms with Crippen LogP contribution in [0.25, 0.3) is 0 Å². The highest BCUT2D eigenvalue weighted by Crippen LogP contribution is 2.25. The van der Waals surface area contributed by atoms with E-state index in [0.29, 0.717) is 0 Å². The SMILES string of the molecule is COc1ccc(NC(=O)C=C(C)C)cc1Cc1ccccc1. The van der Waals surface area contributed by atoms with Gasteiger partial charge in [0.25, 0.3) is 0 Å². The maximum absolute atomic E-state index is 11.8. The van der Waals surface area contributed by atoms with Gasteiger partial charge in [-0.25, -0.2) is 0 Å².